The Morgan fingerprint density at radius 1 is 1.25 bits per heavy atom. The molecule has 11 heteroatoms. The van der Waals surface area contributed by atoms with Gasteiger partial charge in [0.15, 0.2) is 0 Å². The average Bonchev–Trinajstić information content (AvgIpc) is 2.31. The van der Waals surface area contributed by atoms with Crippen molar-refractivity contribution >= 4 is 23.7 Å². The van der Waals surface area contributed by atoms with Gasteiger partial charge in [-0.1, -0.05) is 13.8 Å². The summed E-state index contributed by atoms with van der Waals surface area (Å²) in [5.74, 6) is 0.0388. The van der Waals surface area contributed by atoms with E-state index in [1.165, 1.54) is 6.92 Å². The average molecular weight is 334 g/mol. The third-order valence-corrected chi connectivity index (χ3v) is 3.80. The van der Waals surface area contributed by atoms with Crippen molar-refractivity contribution < 1.29 is 40.3 Å². The molecule has 0 aliphatic heterocycles. The monoisotopic (exact) mass is 334 g/mol. The molecule has 0 aromatic heterocycles. The number of rotatable bonds is 10. The Labute approximate surface area is 118 Å². The van der Waals surface area contributed by atoms with E-state index in [1.54, 1.807) is 13.8 Å². The maximum Gasteiger partial charge on any atom is 0.438 e. The van der Waals surface area contributed by atoms with E-state index in [-0.39, 0.29) is 19.1 Å². The third kappa shape index (κ3) is 8.62. The fraction of sp³-hybridized carbons (Fsp3) is 0.889. The highest BCUT2D eigenvalue weighted by atomic mass is 32.3. The lowest BCUT2D eigenvalue weighted by atomic mass is 10.2. The highest BCUT2D eigenvalue weighted by Gasteiger charge is 2.37. The minimum atomic E-state index is -4.62. The highest BCUT2D eigenvalue weighted by molar-refractivity contribution is 7.80. The van der Waals surface area contributed by atoms with Crippen molar-refractivity contribution in [2.24, 2.45) is 5.92 Å². The van der Waals surface area contributed by atoms with Crippen molar-refractivity contribution in [3.05, 3.63) is 0 Å². The molecule has 9 nitrogen and oxygen atoms in total. The third-order valence-electron chi connectivity index (χ3n) is 1.64. The van der Waals surface area contributed by atoms with E-state index in [2.05, 4.69) is 4.18 Å². The van der Waals surface area contributed by atoms with Crippen LogP contribution in [0.3, 0.4) is 0 Å². The van der Waals surface area contributed by atoms with Crippen LogP contribution in [0.4, 0.5) is 4.79 Å². The molecule has 0 saturated carbocycles. The zero-order valence-corrected chi connectivity index (χ0v) is 13.2. The van der Waals surface area contributed by atoms with Crippen molar-refractivity contribution in [2.75, 3.05) is 26.4 Å². The first-order valence-corrected chi connectivity index (χ1v) is 8.69. The molecule has 20 heavy (non-hydrogen) atoms. The van der Waals surface area contributed by atoms with Gasteiger partial charge in [0.05, 0.1) is 26.4 Å². The molecule has 1 N–H and O–H groups in total. The van der Waals surface area contributed by atoms with Crippen LogP contribution >= 0.6 is 7.60 Å². The molecular formula is C9H19O9PS. The van der Waals surface area contributed by atoms with Gasteiger partial charge in [0.25, 0.3) is 0 Å². The first-order chi connectivity index (χ1) is 9.10. The molecule has 1 unspecified atom stereocenters. The Balaban J connectivity index is 4.44. The van der Waals surface area contributed by atoms with Crippen molar-refractivity contribution in [3.8, 4) is 0 Å². The van der Waals surface area contributed by atoms with Crippen LogP contribution in [-0.4, -0.2) is 45.1 Å². The summed E-state index contributed by atoms with van der Waals surface area (Å²) in [7, 11) is -8.79. The van der Waals surface area contributed by atoms with Crippen LogP contribution < -0.4 is 0 Å². The summed E-state index contributed by atoms with van der Waals surface area (Å²) >= 11 is 0. The van der Waals surface area contributed by atoms with Gasteiger partial charge in [0.1, 0.15) is 0 Å². The van der Waals surface area contributed by atoms with Gasteiger partial charge in [-0.3, -0.25) is 9.08 Å². The van der Waals surface area contributed by atoms with Crippen LogP contribution in [-0.2, 0) is 32.9 Å². The van der Waals surface area contributed by atoms with Gasteiger partial charge in [0, 0.05) is 0 Å². The molecular weight excluding hydrogens is 315 g/mol. The SMILES string of the molecule is CCOP(=O)(OCCOS(=O)(=O)O)C(=O)OCC(C)C. The Morgan fingerprint density at radius 2 is 1.85 bits per heavy atom. The molecule has 1 atom stereocenters. The van der Waals surface area contributed by atoms with E-state index in [1.807, 2.05) is 0 Å². The molecule has 0 aromatic carbocycles. The van der Waals surface area contributed by atoms with Gasteiger partial charge in [-0.05, 0) is 12.8 Å². The van der Waals surface area contributed by atoms with Crippen molar-refractivity contribution in [1.82, 2.24) is 0 Å². The number of ether oxygens (including phenoxy) is 1. The van der Waals surface area contributed by atoms with Crippen LogP contribution in [0.5, 0.6) is 0 Å². The number of hydrogen-bond acceptors (Lipinski definition) is 8. The number of carbonyl (C=O) groups excluding carboxylic acids is 1. The van der Waals surface area contributed by atoms with Crippen LogP contribution in [0, 0.1) is 5.92 Å². The lowest BCUT2D eigenvalue weighted by Crippen LogP contribution is -2.15. The Kier molecular flexibility index (Phi) is 8.48. The van der Waals surface area contributed by atoms with E-state index in [0.717, 1.165) is 0 Å². The van der Waals surface area contributed by atoms with E-state index in [9.17, 15) is 17.8 Å². The molecule has 0 fully saturated rings. The summed E-state index contributed by atoms with van der Waals surface area (Å²) in [4.78, 5) is 11.6. The predicted molar refractivity (Wildman–Crippen MR) is 68.9 cm³/mol. The molecule has 0 radical (unpaired) electrons. The maximum absolute atomic E-state index is 12.1. The van der Waals surface area contributed by atoms with Gasteiger partial charge >= 0.3 is 23.7 Å². The quantitative estimate of drug-likeness (QED) is 0.362. The largest absolute Gasteiger partial charge is 0.456 e. The molecule has 0 spiro atoms. The summed E-state index contributed by atoms with van der Waals surface area (Å²) in [6, 6.07) is 0. The molecule has 0 rings (SSSR count). The molecule has 120 valence electrons. The van der Waals surface area contributed by atoms with Gasteiger partial charge in [-0.2, -0.15) is 8.42 Å². The van der Waals surface area contributed by atoms with Gasteiger partial charge in [-0.25, -0.2) is 13.5 Å². The number of carbonyl (C=O) groups is 1. The first kappa shape index (κ1) is 19.5. The van der Waals surface area contributed by atoms with Crippen molar-refractivity contribution in [2.45, 2.75) is 20.8 Å². The summed E-state index contributed by atoms with van der Waals surface area (Å²) < 4.78 is 59.1. The molecule has 0 saturated heterocycles. The summed E-state index contributed by atoms with van der Waals surface area (Å²) in [6.07, 6.45) is 0. The van der Waals surface area contributed by atoms with E-state index in [0.29, 0.717) is 0 Å². The van der Waals surface area contributed by atoms with Gasteiger partial charge < -0.3 is 9.26 Å². The minimum absolute atomic E-state index is 0.0388. The van der Waals surface area contributed by atoms with E-state index in [4.69, 9.17) is 18.3 Å². The standard InChI is InChI=1S/C9H19O9PS/c1-4-16-19(11,9(10)15-7-8(2)3)17-5-6-18-20(12,13)14/h8H,4-7H2,1-3H3,(H,12,13,14). The molecule has 0 aliphatic carbocycles. The normalized spacial score (nSPS) is 15.1. The van der Waals surface area contributed by atoms with Crippen LogP contribution in [0.2, 0.25) is 0 Å². The minimum Gasteiger partial charge on any atom is -0.456 e. The van der Waals surface area contributed by atoms with Crippen LogP contribution in [0.15, 0.2) is 0 Å². The van der Waals surface area contributed by atoms with Gasteiger partial charge in [-0.15, -0.1) is 0 Å². The van der Waals surface area contributed by atoms with Crippen molar-refractivity contribution in [3.63, 3.8) is 0 Å². The molecule has 0 amide bonds. The summed E-state index contributed by atoms with van der Waals surface area (Å²) in [6.45, 7) is 3.91. The fourth-order valence-electron chi connectivity index (χ4n) is 0.926. The fourth-order valence-corrected chi connectivity index (χ4v) is 2.38. The Bertz CT molecular complexity index is 444. The molecule has 0 aliphatic rings. The zero-order chi connectivity index (χ0) is 15.8. The Hall–Kier alpha value is -0.510. The first-order valence-electron chi connectivity index (χ1n) is 5.79. The zero-order valence-electron chi connectivity index (χ0n) is 11.5. The van der Waals surface area contributed by atoms with Crippen LogP contribution in [0.25, 0.3) is 0 Å². The number of hydrogen-bond donors (Lipinski definition) is 1. The molecule has 0 heterocycles. The summed E-state index contributed by atoms with van der Waals surface area (Å²) in [5.41, 5.74) is -1.15. The van der Waals surface area contributed by atoms with E-state index >= 15 is 0 Å². The van der Waals surface area contributed by atoms with Crippen molar-refractivity contribution in [1.29, 1.82) is 0 Å². The lowest BCUT2D eigenvalue weighted by molar-refractivity contribution is 0.129. The molecule has 0 aromatic rings. The maximum atomic E-state index is 12.1. The second-order valence-electron chi connectivity index (χ2n) is 3.97. The van der Waals surface area contributed by atoms with Gasteiger partial charge in [0.2, 0.25) is 0 Å². The Morgan fingerprint density at radius 3 is 2.30 bits per heavy atom. The topological polar surface area (TPSA) is 125 Å². The van der Waals surface area contributed by atoms with E-state index < -0.39 is 36.9 Å². The highest BCUT2D eigenvalue weighted by Crippen LogP contribution is 2.49. The predicted octanol–water partition coefficient (Wildman–Crippen LogP) is 1.84. The molecule has 0 bridgehead atoms. The lowest BCUT2D eigenvalue weighted by Gasteiger charge is -2.16. The smallest absolute Gasteiger partial charge is 0.438 e. The second-order valence-corrected chi connectivity index (χ2v) is 6.94. The van der Waals surface area contributed by atoms with Crippen LogP contribution in [0.1, 0.15) is 20.8 Å². The second kappa shape index (κ2) is 8.71. The summed E-state index contributed by atoms with van der Waals surface area (Å²) in [5, 5.41) is 0.